The molecule has 0 atom stereocenters. The van der Waals surface area contributed by atoms with Gasteiger partial charge in [-0.3, -0.25) is 0 Å². The van der Waals surface area contributed by atoms with Crippen LogP contribution in [-0.2, 0) is 7.05 Å². The summed E-state index contributed by atoms with van der Waals surface area (Å²) in [6, 6.07) is 8.26. The van der Waals surface area contributed by atoms with Gasteiger partial charge in [-0.25, -0.2) is 0 Å². The first-order chi connectivity index (χ1) is 6.20. The lowest BCUT2D eigenvalue weighted by Crippen LogP contribution is -1.83. The van der Waals surface area contributed by atoms with Gasteiger partial charge in [0.1, 0.15) is 0 Å². The Bertz CT molecular complexity index is 429. The minimum Gasteiger partial charge on any atom is -0.350 e. The highest BCUT2D eigenvalue weighted by molar-refractivity contribution is 6.29. The molecule has 0 aliphatic heterocycles. The summed E-state index contributed by atoms with van der Waals surface area (Å²) in [6.45, 7) is 1.92. The average Bonchev–Trinajstić information content (AvgIpc) is 2.45. The maximum atomic E-state index is 6.00. The van der Waals surface area contributed by atoms with E-state index >= 15 is 0 Å². The van der Waals surface area contributed by atoms with Gasteiger partial charge in [0.15, 0.2) is 0 Å². The zero-order valence-electron chi connectivity index (χ0n) is 7.71. The average molecular weight is 193 g/mol. The number of benzene rings is 1. The summed E-state index contributed by atoms with van der Waals surface area (Å²) in [7, 11) is 2.03. The largest absolute Gasteiger partial charge is 0.350 e. The highest BCUT2D eigenvalue weighted by atomic mass is 35.5. The van der Waals surface area contributed by atoms with Gasteiger partial charge in [0.2, 0.25) is 0 Å². The fourth-order valence-corrected chi connectivity index (χ4v) is 1.77. The van der Waals surface area contributed by atoms with Crippen molar-refractivity contribution in [3.8, 4) is 0 Å². The number of halogens is 1. The molecule has 67 valence electrons. The van der Waals surface area contributed by atoms with E-state index in [1.54, 1.807) is 0 Å². The van der Waals surface area contributed by atoms with E-state index in [-0.39, 0.29) is 0 Å². The first kappa shape index (κ1) is 8.64. The van der Waals surface area contributed by atoms with Crippen LogP contribution in [0.1, 0.15) is 12.5 Å². The molecule has 13 heavy (non-hydrogen) atoms. The highest BCUT2D eigenvalue weighted by Gasteiger charge is 2.10. The molecular weight excluding hydrogens is 182 g/mol. The number of aryl methyl sites for hydroxylation is 1. The van der Waals surface area contributed by atoms with E-state index in [0.717, 1.165) is 10.9 Å². The van der Waals surface area contributed by atoms with Crippen molar-refractivity contribution in [3.63, 3.8) is 0 Å². The third-order valence-corrected chi connectivity index (χ3v) is 2.47. The van der Waals surface area contributed by atoms with Gasteiger partial charge in [0.05, 0.1) is 5.38 Å². The summed E-state index contributed by atoms with van der Waals surface area (Å²) >= 11 is 6.00. The Morgan fingerprint density at radius 3 is 2.69 bits per heavy atom. The molecule has 0 spiro atoms. The first-order valence-corrected chi connectivity index (χ1v) is 4.61. The summed E-state index contributed by atoms with van der Waals surface area (Å²) in [6.07, 6.45) is 2.06. The summed E-state index contributed by atoms with van der Waals surface area (Å²) in [5.41, 5.74) is 2.34. The van der Waals surface area contributed by atoms with E-state index in [9.17, 15) is 0 Å². The van der Waals surface area contributed by atoms with E-state index < -0.39 is 0 Å². The molecule has 2 aromatic rings. The maximum Gasteiger partial charge on any atom is 0.0917 e. The smallest absolute Gasteiger partial charge is 0.0917 e. The quantitative estimate of drug-likeness (QED) is 0.654. The van der Waals surface area contributed by atoms with Crippen LogP contribution in [0.4, 0.5) is 0 Å². The van der Waals surface area contributed by atoms with Crippen LogP contribution in [0.25, 0.3) is 10.9 Å². The molecule has 2 heteroatoms. The van der Waals surface area contributed by atoms with E-state index in [0.29, 0.717) is 0 Å². The van der Waals surface area contributed by atoms with Crippen LogP contribution >= 0.6 is 11.6 Å². The Balaban J connectivity index is 2.78. The third-order valence-electron chi connectivity index (χ3n) is 2.27. The summed E-state index contributed by atoms with van der Waals surface area (Å²) in [4.78, 5) is 0. The minimum absolute atomic E-state index is 0.844. The van der Waals surface area contributed by atoms with Crippen LogP contribution < -0.4 is 0 Å². The Labute approximate surface area is 82.9 Å². The van der Waals surface area contributed by atoms with Crippen LogP contribution in [0.2, 0.25) is 0 Å². The molecule has 0 aliphatic carbocycles. The number of para-hydroxylation sites is 1. The molecule has 0 unspecified atom stereocenters. The van der Waals surface area contributed by atoms with Crippen LogP contribution in [0.3, 0.4) is 0 Å². The topological polar surface area (TPSA) is 4.93 Å². The van der Waals surface area contributed by atoms with E-state index in [4.69, 9.17) is 11.6 Å². The molecule has 0 bridgehead atoms. The van der Waals surface area contributed by atoms with Crippen molar-refractivity contribution >= 4 is 22.5 Å². The van der Waals surface area contributed by atoms with Crippen LogP contribution in [0, 0.1) is 5.38 Å². The van der Waals surface area contributed by atoms with E-state index in [2.05, 4.69) is 22.9 Å². The molecule has 0 amide bonds. The Kier molecular flexibility index (Phi) is 2.04. The third kappa shape index (κ3) is 1.33. The predicted molar refractivity (Wildman–Crippen MR) is 56.8 cm³/mol. The lowest BCUT2D eigenvalue weighted by molar-refractivity contribution is 0.963. The molecule has 0 saturated heterocycles. The van der Waals surface area contributed by atoms with Crippen LogP contribution in [-0.4, -0.2) is 4.57 Å². The second-order valence-corrected chi connectivity index (χ2v) is 3.77. The van der Waals surface area contributed by atoms with Gasteiger partial charge in [0.25, 0.3) is 0 Å². The van der Waals surface area contributed by atoms with Gasteiger partial charge in [-0.1, -0.05) is 18.2 Å². The Hall–Kier alpha value is -0.950. The molecule has 1 nitrogen and oxygen atoms in total. The monoisotopic (exact) mass is 192 g/mol. The fourth-order valence-electron chi connectivity index (χ4n) is 1.62. The molecule has 1 heterocycles. The minimum atomic E-state index is 0.844. The molecular formula is C11H11ClN. The molecule has 1 aromatic heterocycles. The lowest BCUT2D eigenvalue weighted by atomic mass is 10.1. The summed E-state index contributed by atoms with van der Waals surface area (Å²) in [5.74, 6) is 0. The molecule has 0 fully saturated rings. The van der Waals surface area contributed by atoms with Gasteiger partial charge in [-0.05, 0) is 13.0 Å². The Morgan fingerprint density at radius 1 is 1.31 bits per heavy atom. The number of rotatable bonds is 1. The van der Waals surface area contributed by atoms with Crippen LogP contribution in [0.15, 0.2) is 30.5 Å². The van der Waals surface area contributed by atoms with Gasteiger partial charge < -0.3 is 4.57 Å². The second-order valence-electron chi connectivity index (χ2n) is 3.20. The number of fused-ring (bicyclic) bond motifs is 1. The molecule has 1 aromatic carbocycles. The van der Waals surface area contributed by atoms with Crippen molar-refractivity contribution in [2.75, 3.05) is 0 Å². The van der Waals surface area contributed by atoms with E-state index in [1.807, 2.05) is 26.1 Å². The molecule has 1 radical (unpaired) electrons. The predicted octanol–water partition coefficient (Wildman–Crippen LogP) is 3.32. The zero-order valence-corrected chi connectivity index (χ0v) is 8.47. The SMILES string of the molecule is C[C](Cl)c1cn(C)c2ccccc12. The van der Waals surface area contributed by atoms with Gasteiger partial charge in [0, 0.05) is 29.7 Å². The van der Waals surface area contributed by atoms with Crippen molar-refractivity contribution in [1.82, 2.24) is 4.57 Å². The number of aromatic nitrogens is 1. The van der Waals surface area contributed by atoms with Crippen molar-refractivity contribution in [3.05, 3.63) is 41.4 Å². The van der Waals surface area contributed by atoms with Gasteiger partial charge in [-0.15, -0.1) is 11.6 Å². The lowest BCUT2D eigenvalue weighted by Gasteiger charge is -1.97. The maximum absolute atomic E-state index is 6.00. The zero-order chi connectivity index (χ0) is 9.42. The van der Waals surface area contributed by atoms with E-state index in [1.165, 1.54) is 10.9 Å². The van der Waals surface area contributed by atoms with Crippen molar-refractivity contribution in [2.24, 2.45) is 7.05 Å². The van der Waals surface area contributed by atoms with Crippen molar-refractivity contribution in [1.29, 1.82) is 0 Å². The molecule has 2 rings (SSSR count). The fraction of sp³-hybridized carbons (Fsp3) is 0.182. The summed E-state index contributed by atoms with van der Waals surface area (Å²) in [5, 5.41) is 2.06. The number of hydrogen-bond acceptors (Lipinski definition) is 0. The van der Waals surface area contributed by atoms with Crippen LogP contribution in [0.5, 0.6) is 0 Å². The molecule has 0 N–H and O–H groups in total. The second kappa shape index (κ2) is 3.08. The number of hydrogen-bond donors (Lipinski definition) is 0. The molecule has 0 aliphatic rings. The standard InChI is InChI=1S/C11H11ClN/c1-8(12)10-7-13(2)11-6-4-3-5-9(10)11/h3-7H,1-2H3. The number of nitrogens with zero attached hydrogens (tertiary/aromatic N) is 1. The summed E-state index contributed by atoms with van der Waals surface area (Å²) < 4.78 is 2.09. The normalized spacial score (nSPS) is 11.4. The highest BCUT2D eigenvalue weighted by Crippen LogP contribution is 2.28. The molecule has 0 saturated carbocycles. The van der Waals surface area contributed by atoms with Gasteiger partial charge in [-0.2, -0.15) is 0 Å². The Morgan fingerprint density at radius 2 is 2.00 bits per heavy atom. The van der Waals surface area contributed by atoms with Crippen molar-refractivity contribution < 1.29 is 0 Å². The first-order valence-electron chi connectivity index (χ1n) is 4.23. The van der Waals surface area contributed by atoms with Gasteiger partial charge >= 0.3 is 0 Å². The van der Waals surface area contributed by atoms with Crippen molar-refractivity contribution in [2.45, 2.75) is 6.92 Å².